The van der Waals surface area contributed by atoms with Crippen LogP contribution in [0.3, 0.4) is 0 Å². The van der Waals surface area contributed by atoms with Crippen LogP contribution in [-0.2, 0) is 4.79 Å². The Morgan fingerprint density at radius 1 is 1.26 bits per heavy atom. The molecule has 0 aromatic carbocycles. The number of aromatic nitrogens is 2. The molecule has 0 aliphatic rings. The summed E-state index contributed by atoms with van der Waals surface area (Å²) >= 11 is 7.37. The molecule has 0 saturated heterocycles. The molecule has 1 rings (SSSR count). The largest absolute Gasteiger partial charge is 0.360 e. The molecule has 0 atom stereocenters. The lowest BCUT2D eigenvalue weighted by atomic mass is 10.2. The molecule has 1 aromatic rings. The van der Waals surface area contributed by atoms with E-state index in [1.807, 2.05) is 11.9 Å². The highest BCUT2D eigenvalue weighted by Crippen LogP contribution is 2.21. The fraction of sp³-hybridized carbons (Fsp3) is 0.688. The zero-order valence-electron chi connectivity index (χ0n) is 14.3. The van der Waals surface area contributed by atoms with Crippen molar-refractivity contribution in [2.24, 2.45) is 0 Å². The number of carbonyl (C=O) groups is 1. The number of amides is 1. The Kier molecular flexibility index (Phi) is 10.0. The van der Waals surface area contributed by atoms with Crippen molar-refractivity contribution >= 4 is 35.1 Å². The minimum atomic E-state index is 0.0125. The van der Waals surface area contributed by atoms with E-state index in [9.17, 15) is 4.79 Å². The molecular weight excluding hydrogens is 332 g/mol. The lowest BCUT2D eigenvalue weighted by molar-refractivity contribution is -0.118. The van der Waals surface area contributed by atoms with E-state index in [0.29, 0.717) is 16.1 Å². The summed E-state index contributed by atoms with van der Waals surface area (Å²) in [7, 11) is 1.97. The van der Waals surface area contributed by atoms with Crippen LogP contribution in [-0.4, -0.2) is 41.8 Å². The normalized spacial score (nSPS) is 10.6. The van der Waals surface area contributed by atoms with E-state index in [-0.39, 0.29) is 5.91 Å². The number of thioether (sulfide) groups is 1. The molecule has 5 nitrogen and oxygen atoms in total. The number of carbonyl (C=O) groups excluding carboxylic acids is 1. The van der Waals surface area contributed by atoms with Gasteiger partial charge in [-0.2, -0.15) is 0 Å². The maximum atomic E-state index is 11.8. The second-order valence-corrected chi connectivity index (χ2v) is 6.78. The molecular formula is C16H27ClN4OS. The number of hydrogen-bond donors (Lipinski definition) is 1. The molecule has 23 heavy (non-hydrogen) atoms. The summed E-state index contributed by atoms with van der Waals surface area (Å²) in [4.78, 5) is 22.5. The molecule has 0 aliphatic heterocycles. The van der Waals surface area contributed by atoms with E-state index in [1.54, 1.807) is 6.07 Å². The van der Waals surface area contributed by atoms with Gasteiger partial charge in [0.25, 0.3) is 0 Å². The van der Waals surface area contributed by atoms with E-state index in [0.717, 1.165) is 38.2 Å². The van der Waals surface area contributed by atoms with Crippen molar-refractivity contribution in [3.63, 3.8) is 0 Å². The first-order chi connectivity index (χ1) is 11.1. The molecule has 130 valence electrons. The number of rotatable bonds is 11. The van der Waals surface area contributed by atoms with E-state index in [1.165, 1.54) is 24.6 Å². The number of hydrogen-bond acceptors (Lipinski definition) is 5. The maximum Gasteiger partial charge on any atom is 0.230 e. The fourth-order valence-corrected chi connectivity index (χ4v) is 2.97. The van der Waals surface area contributed by atoms with Gasteiger partial charge >= 0.3 is 0 Å². The Hall–Kier alpha value is -1.01. The van der Waals surface area contributed by atoms with Crippen molar-refractivity contribution in [1.29, 1.82) is 0 Å². The van der Waals surface area contributed by atoms with Crippen molar-refractivity contribution in [2.75, 3.05) is 30.8 Å². The molecule has 1 amide bonds. The monoisotopic (exact) mass is 358 g/mol. The van der Waals surface area contributed by atoms with E-state index in [2.05, 4.69) is 29.1 Å². The average Bonchev–Trinajstić information content (AvgIpc) is 2.52. The average molecular weight is 359 g/mol. The van der Waals surface area contributed by atoms with Crippen molar-refractivity contribution in [3.8, 4) is 0 Å². The minimum Gasteiger partial charge on any atom is -0.360 e. The van der Waals surface area contributed by atoms with Crippen molar-refractivity contribution in [1.82, 2.24) is 15.3 Å². The Labute approximate surface area is 148 Å². The molecule has 1 N–H and O–H groups in total. The van der Waals surface area contributed by atoms with Crippen LogP contribution in [0.25, 0.3) is 0 Å². The van der Waals surface area contributed by atoms with Crippen molar-refractivity contribution in [2.45, 2.75) is 51.1 Å². The summed E-state index contributed by atoms with van der Waals surface area (Å²) in [6.45, 7) is 5.92. The van der Waals surface area contributed by atoms with Gasteiger partial charge in [0.15, 0.2) is 5.16 Å². The van der Waals surface area contributed by atoms with E-state index in [4.69, 9.17) is 11.6 Å². The number of halogens is 1. The Morgan fingerprint density at radius 3 is 2.74 bits per heavy atom. The zero-order valence-corrected chi connectivity index (χ0v) is 15.8. The SMILES string of the molecule is CCCCCCNC(=O)CSc1nc(Cl)cc(N(C)CCC)n1. The van der Waals surface area contributed by atoms with E-state index >= 15 is 0 Å². The van der Waals surface area contributed by atoms with Gasteiger partial charge < -0.3 is 10.2 Å². The van der Waals surface area contributed by atoms with Gasteiger partial charge in [-0.25, -0.2) is 9.97 Å². The third kappa shape index (κ3) is 8.42. The first-order valence-corrected chi connectivity index (χ1v) is 9.58. The van der Waals surface area contributed by atoms with Crippen molar-refractivity contribution < 1.29 is 4.79 Å². The number of nitrogens with zero attached hydrogens (tertiary/aromatic N) is 3. The topological polar surface area (TPSA) is 58.1 Å². The first-order valence-electron chi connectivity index (χ1n) is 8.22. The van der Waals surface area contributed by atoms with Crippen molar-refractivity contribution in [3.05, 3.63) is 11.2 Å². The second kappa shape index (κ2) is 11.5. The zero-order chi connectivity index (χ0) is 17.1. The molecule has 0 unspecified atom stereocenters. The van der Waals surface area contributed by atoms with Crippen LogP contribution in [0.5, 0.6) is 0 Å². The summed E-state index contributed by atoms with van der Waals surface area (Å²) in [5.74, 6) is 1.11. The second-order valence-electron chi connectivity index (χ2n) is 5.45. The van der Waals surface area contributed by atoms with Gasteiger partial charge in [-0.1, -0.05) is 56.5 Å². The smallest absolute Gasteiger partial charge is 0.230 e. The predicted molar refractivity (Wildman–Crippen MR) is 98.5 cm³/mol. The standard InChI is InChI=1S/C16H27ClN4OS/c1-4-6-7-8-9-18-15(22)12-23-16-19-13(17)11-14(20-16)21(3)10-5-2/h11H,4-10,12H2,1-3H3,(H,18,22). The molecule has 0 aliphatic carbocycles. The summed E-state index contributed by atoms with van der Waals surface area (Å²) in [5.41, 5.74) is 0. The van der Waals surface area contributed by atoms with Crippen LogP contribution in [0.1, 0.15) is 46.0 Å². The predicted octanol–water partition coefficient (Wildman–Crippen LogP) is 3.76. The summed E-state index contributed by atoms with van der Waals surface area (Å²) in [5, 5.41) is 3.87. The molecule has 1 heterocycles. The maximum absolute atomic E-state index is 11.8. The minimum absolute atomic E-state index is 0.0125. The van der Waals surface area contributed by atoms with Gasteiger partial charge in [-0.15, -0.1) is 0 Å². The van der Waals surface area contributed by atoms with Gasteiger partial charge in [0.05, 0.1) is 5.75 Å². The van der Waals surface area contributed by atoms with Gasteiger partial charge in [0, 0.05) is 26.2 Å². The van der Waals surface area contributed by atoms with Crippen LogP contribution < -0.4 is 10.2 Å². The molecule has 0 spiro atoms. The van der Waals surface area contributed by atoms with Crippen LogP contribution in [0.15, 0.2) is 11.2 Å². The lowest BCUT2D eigenvalue weighted by Crippen LogP contribution is -2.26. The molecule has 0 fully saturated rings. The third-order valence-corrected chi connectivity index (χ3v) is 4.34. The fourth-order valence-electron chi connectivity index (χ4n) is 2.06. The summed E-state index contributed by atoms with van der Waals surface area (Å²) in [6.07, 6.45) is 5.64. The molecule has 7 heteroatoms. The van der Waals surface area contributed by atoms with Crippen LogP contribution >= 0.6 is 23.4 Å². The first kappa shape index (κ1) is 20.0. The van der Waals surface area contributed by atoms with Crippen LogP contribution in [0, 0.1) is 0 Å². The van der Waals surface area contributed by atoms with Gasteiger partial charge in [0.1, 0.15) is 11.0 Å². The lowest BCUT2D eigenvalue weighted by Gasteiger charge is -2.17. The quantitative estimate of drug-likeness (QED) is 0.282. The third-order valence-electron chi connectivity index (χ3n) is 3.30. The molecule has 0 radical (unpaired) electrons. The Bertz CT molecular complexity index is 487. The highest BCUT2D eigenvalue weighted by atomic mass is 35.5. The molecule has 0 bridgehead atoms. The van der Waals surface area contributed by atoms with Gasteiger partial charge in [-0.05, 0) is 12.8 Å². The molecule has 0 saturated carbocycles. The van der Waals surface area contributed by atoms with Crippen LogP contribution in [0.4, 0.5) is 5.82 Å². The molecule has 1 aromatic heterocycles. The number of nitrogens with one attached hydrogen (secondary N) is 1. The van der Waals surface area contributed by atoms with Gasteiger partial charge in [-0.3, -0.25) is 4.79 Å². The summed E-state index contributed by atoms with van der Waals surface area (Å²) < 4.78 is 0. The highest BCUT2D eigenvalue weighted by Gasteiger charge is 2.09. The highest BCUT2D eigenvalue weighted by molar-refractivity contribution is 7.99. The Balaban J connectivity index is 2.43. The number of unbranched alkanes of at least 4 members (excludes halogenated alkanes) is 3. The summed E-state index contributed by atoms with van der Waals surface area (Å²) in [6, 6.07) is 1.75. The van der Waals surface area contributed by atoms with E-state index < -0.39 is 0 Å². The Morgan fingerprint density at radius 2 is 2.04 bits per heavy atom. The van der Waals surface area contributed by atoms with Gasteiger partial charge in [0.2, 0.25) is 5.91 Å². The van der Waals surface area contributed by atoms with Crippen LogP contribution in [0.2, 0.25) is 5.15 Å². The number of anilines is 1.